The van der Waals surface area contributed by atoms with E-state index in [1.807, 2.05) is 26.8 Å². The smallest absolute Gasteiger partial charge is 0.243 e. The molecule has 1 aliphatic heterocycles. The number of nitriles is 1. The van der Waals surface area contributed by atoms with E-state index in [1.54, 1.807) is 0 Å². The van der Waals surface area contributed by atoms with Crippen molar-refractivity contribution in [2.45, 2.75) is 37.6 Å². The average molecular weight is 389 g/mol. The molecule has 0 amide bonds. The molecule has 1 fully saturated rings. The van der Waals surface area contributed by atoms with E-state index in [-0.39, 0.29) is 16.9 Å². The lowest BCUT2D eigenvalue weighted by Gasteiger charge is -2.36. The first-order valence-electron chi connectivity index (χ1n) is 8.91. The van der Waals surface area contributed by atoms with Gasteiger partial charge in [0, 0.05) is 32.1 Å². The molecule has 27 heavy (non-hydrogen) atoms. The van der Waals surface area contributed by atoms with Crippen LogP contribution in [0.2, 0.25) is 0 Å². The van der Waals surface area contributed by atoms with Crippen LogP contribution >= 0.6 is 0 Å². The van der Waals surface area contributed by atoms with E-state index >= 15 is 0 Å². The van der Waals surface area contributed by atoms with Crippen molar-refractivity contribution in [2.24, 2.45) is 0 Å². The highest BCUT2D eigenvalue weighted by molar-refractivity contribution is 7.89. The van der Waals surface area contributed by atoms with Crippen LogP contribution in [0.3, 0.4) is 0 Å². The van der Waals surface area contributed by atoms with Gasteiger partial charge >= 0.3 is 0 Å². The summed E-state index contributed by atoms with van der Waals surface area (Å²) < 4.78 is 32.4. The molecule has 0 radical (unpaired) electrons. The van der Waals surface area contributed by atoms with E-state index in [0.29, 0.717) is 43.5 Å². The van der Waals surface area contributed by atoms with Crippen molar-refractivity contribution in [2.75, 3.05) is 26.2 Å². The van der Waals surface area contributed by atoms with Crippen LogP contribution in [0.5, 0.6) is 0 Å². The minimum atomic E-state index is -3.56. The number of hydrogen-bond acceptors (Lipinski definition) is 7. The van der Waals surface area contributed by atoms with Crippen molar-refractivity contribution in [1.82, 2.24) is 19.3 Å². The standard InChI is InChI=1S/C18H23N5O3S/c1-13(2)17-20-18(26-21-17)14(3)22-8-10-23(11-9-22)27(24,25)16-6-4-15(12-19)5-7-16/h4-7,13-14H,8-11H2,1-3H3/t14-/m1/s1. The number of aromatic nitrogens is 2. The molecule has 9 heteroatoms. The molecule has 8 nitrogen and oxygen atoms in total. The van der Waals surface area contributed by atoms with Crippen LogP contribution in [-0.2, 0) is 10.0 Å². The Hall–Kier alpha value is -2.28. The van der Waals surface area contributed by atoms with Crippen LogP contribution in [0, 0.1) is 11.3 Å². The molecule has 2 heterocycles. The van der Waals surface area contributed by atoms with E-state index in [4.69, 9.17) is 9.78 Å². The fraction of sp³-hybridized carbons (Fsp3) is 0.500. The zero-order valence-corrected chi connectivity index (χ0v) is 16.5. The maximum absolute atomic E-state index is 12.8. The van der Waals surface area contributed by atoms with E-state index in [0.717, 1.165) is 0 Å². The van der Waals surface area contributed by atoms with Gasteiger partial charge in [-0.2, -0.15) is 14.6 Å². The molecule has 1 atom stereocenters. The van der Waals surface area contributed by atoms with Crippen molar-refractivity contribution in [3.8, 4) is 6.07 Å². The molecule has 0 saturated carbocycles. The number of sulfonamides is 1. The molecule has 0 N–H and O–H groups in total. The van der Waals surface area contributed by atoms with Gasteiger partial charge in [-0.05, 0) is 31.2 Å². The molecule has 1 aliphatic rings. The fourth-order valence-corrected chi connectivity index (χ4v) is 4.41. The first-order valence-corrected chi connectivity index (χ1v) is 10.3. The highest BCUT2D eigenvalue weighted by Crippen LogP contribution is 2.24. The Morgan fingerprint density at radius 2 is 1.74 bits per heavy atom. The molecule has 0 unspecified atom stereocenters. The first kappa shape index (κ1) is 19.5. The number of rotatable bonds is 5. The van der Waals surface area contributed by atoms with Gasteiger partial charge in [0.15, 0.2) is 5.82 Å². The van der Waals surface area contributed by atoms with Crippen LogP contribution in [-0.4, -0.2) is 53.9 Å². The van der Waals surface area contributed by atoms with Crippen LogP contribution in [0.4, 0.5) is 0 Å². The van der Waals surface area contributed by atoms with Gasteiger partial charge in [0.25, 0.3) is 0 Å². The topological polar surface area (TPSA) is 103 Å². The fourth-order valence-electron chi connectivity index (χ4n) is 2.99. The monoisotopic (exact) mass is 389 g/mol. The predicted octanol–water partition coefficient (Wildman–Crippen LogP) is 2.13. The molecule has 2 aromatic rings. The molecule has 1 saturated heterocycles. The van der Waals surface area contributed by atoms with Crippen molar-refractivity contribution in [3.63, 3.8) is 0 Å². The molecule has 1 aromatic heterocycles. The largest absolute Gasteiger partial charge is 0.338 e. The minimum absolute atomic E-state index is 0.0650. The average Bonchev–Trinajstić information content (AvgIpc) is 3.18. The van der Waals surface area contributed by atoms with Gasteiger partial charge in [-0.15, -0.1) is 0 Å². The van der Waals surface area contributed by atoms with Crippen LogP contribution in [0.15, 0.2) is 33.7 Å². The Morgan fingerprint density at radius 1 is 1.11 bits per heavy atom. The summed E-state index contributed by atoms with van der Waals surface area (Å²) >= 11 is 0. The maximum Gasteiger partial charge on any atom is 0.243 e. The minimum Gasteiger partial charge on any atom is -0.338 e. The second-order valence-electron chi connectivity index (χ2n) is 6.90. The summed E-state index contributed by atoms with van der Waals surface area (Å²) in [4.78, 5) is 6.79. The van der Waals surface area contributed by atoms with E-state index < -0.39 is 10.0 Å². The summed E-state index contributed by atoms with van der Waals surface area (Å²) in [6.45, 7) is 7.93. The number of nitrogens with zero attached hydrogens (tertiary/aromatic N) is 5. The van der Waals surface area contributed by atoms with Crippen LogP contribution < -0.4 is 0 Å². The third-order valence-electron chi connectivity index (χ3n) is 4.77. The Morgan fingerprint density at radius 3 is 2.26 bits per heavy atom. The van der Waals surface area contributed by atoms with Gasteiger partial charge in [0.2, 0.25) is 15.9 Å². The summed E-state index contributed by atoms with van der Waals surface area (Å²) in [6, 6.07) is 7.93. The van der Waals surface area contributed by atoms with E-state index in [9.17, 15) is 8.42 Å². The molecule has 3 rings (SSSR count). The van der Waals surface area contributed by atoms with Gasteiger partial charge < -0.3 is 4.52 Å². The Balaban J connectivity index is 1.66. The zero-order chi connectivity index (χ0) is 19.6. The molecule has 1 aromatic carbocycles. The number of benzene rings is 1. The molecular formula is C18H23N5O3S. The van der Waals surface area contributed by atoms with Gasteiger partial charge in [-0.3, -0.25) is 4.90 Å². The molecule has 144 valence electrons. The highest BCUT2D eigenvalue weighted by Gasteiger charge is 2.31. The lowest BCUT2D eigenvalue weighted by atomic mass is 10.2. The predicted molar refractivity (Wildman–Crippen MR) is 98.3 cm³/mol. The second kappa shape index (κ2) is 7.76. The van der Waals surface area contributed by atoms with Crippen molar-refractivity contribution < 1.29 is 12.9 Å². The Bertz CT molecular complexity index is 923. The normalized spacial score (nSPS) is 17.7. The quantitative estimate of drug-likeness (QED) is 0.771. The summed E-state index contributed by atoms with van der Waals surface area (Å²) in [7, 11) is -3.56. The van der Waals surface area contributed by atoms with Crippen LogP contribution in [0.25, 0.3) is 0 Å². The third-order valence-corrected chi connectivity index (χ3v) is 6.69. The van der Waals surface area contributed by atoms with Gasteiger partial charge in [-0.1, -0.05) is 19.0 Å². The Kier molecular flexibility index (Phi) is 5.60. The highest BCUT2D eigenvalue weighted by atomic mass is 32.2. The van der Waals surface area contributed by atoms with Gasteiger partial charge in [0.1, 0.15) is 0 Å². The van der Waals surface area contributed by atoms with Crippen molar-refractivity contribution >= 4 is 10.0 Å². The summed E-state index contributed by atoms with van der Waals surface area (Å²) in [6.07, 6.45) is 0. The third kappa shape index (κ3) is 4.03. The second-order valence-corrected chi connectivity index (χ2v) is 8.84. The van der Waals surface area contributed by atoms with E-state index in [2.05, 4.69) is 15.0 Å². The van der Waals surface area contributed by atoms with E-state index in [1.165, 1.54) is 28.6 Å². The van der Waals surface area contributed by atoms with Crippen molar-refractivity contribution in [1.29, 1.82) is 5.26 Å². The van der Waals surface area contributed by atoms with Crippen LogP contribution in [0.1, 0.15) is 50.0 Å². The summed E-state index contributed by atoms with van der Waals surface area (Å²) in [5.41, 5.74) is 0.438. The SMILES string of the molecule is CC(C)c1noc([C@@H](C)N2CCN(S(=O)(=O)c3ccc(C#N)cc3)CC2)n1. The number of piperazine rings is 1. The maximum atomic E-state index is 12.8. The molecule has 0 bridgehead atoms. The number of hydrogen-bond donors (Lipinski definition) is 0. The zero-order valence-electron chi connectivity index (χ0n) is 15.7. The molecule has 0 spiro atoms. The van der Waals surface area contributed by atoms with Gasteiger partial charge in [0.05, 0.1) is 22.6 Å². The van der Waals surface area contributed by atoms with Gasteiger partial charge in [-0.25, -0.2) is 8.42 Å². The summed E-state index contributed by atoms with van der Waals surface area (Å²) in [5.74, 6) is 1.44. The molecule has 0 aliphatic carbocycles. The molecular weight excluding hydrogens is 366 g/mol. The summed E-state index contributed by atoms with van der Waals surface area (Å²) in [5, 5.41) is 12.9. The lowest BCUT2D eigenvalue weighted by Crippen LogP contribution is -2.49. The first-order chi connectivity index (χ1) is 12.8. The van der Waals surface area contributed by atoms with Crippen molar-refractivity contribution in [3.05, 3.63) is 41.5 Å². The lowest BCUT2D eigenvalue weighted by molar-refractivity contribution is 0.124. The Labute approximate surface area is 159 Å².